The van der Waals surface area contributed by atoms with Crippen LogP contribution in [0.15, 0.2) is 0 Å². The number of unbranched alkanes of at least 4 members (excludes halogenated alkanes) is 1. The molecule has 0 aliphatic rings. The van der Waals surface area contributed by atoms with Crippen LogP contribution in [0.4, 0.5) is 4.79 Å². The number of hydroxylamine groups is 1. The number of hydrogen-bond donors (Lipinski definition) is 2. The van der Waals surface area contributed by atoms with Crippen molar-refractivity contribution in [2.75, 3.05) is 26.7 Å². The maximum atomic E-state index is 12.6. The number of carbonyl (C=O) groups excluding carboxylic acids is 4. The molecule has 0 radical (unpaired) electrons. The van der Waals surface area contributed by atoms with Crippen LogP contribution in [-0.2, 0) is 19.1 Å². The van der Waals surface area contributed by atoms with Gasteiger partial charge in [-0.1, -0.05) is 13.8 Å². The first kappa shape index (κ1) is 25.8. The van der Waals surface area contributed by atoms with Gasteiger partial charge in [0.15, 0.2) is 0 Å². The zero-order chi connectivity index (χ0) is 21.7. The lowest BCUT2D eigenvalue weighted by Gasteiger charge is -2.24. The molecule has 4 amide bonds. The van der Waals surface area contributed by atoms with Crippen LogP contribution in [0.3, 0.4) is 0 Å². The first-order valence-electron chi connectivity index (χ1n) is 9.82. The molecule has 0 aromatic carbocycles. The van der Waals surface area contributed by atoms with Gasteiger partial charge in [0.2, 0.25) is 17.7 Å². The van der Waals surface area contributed by atoms with Gasteiger partial charge in [0.05, 0.1) is 6.61 Å². The van der Waals surface area contributed by atoms with E-state index in [9.17, 15) is 19.2 Å². The zero-order valence-corrected chi connectivity index (χ0v) is 17.7. The molecule has 0 aromatic rings. The zero-order valence-electron chi connectivity index (χ0n) is 17.7. The van der Waals surface area contributed by atoms with Gasteiger partial charge in [-0.05, 0) is 39.0 Å². The highest BCUT2D eigenvalue weighted by Gasteiger charge is 2.26. The molecule has 0 aliphatic heterocycles. The Kier molecular flexibility index (Phi) is 12.9. The molecule has 0 rings (SSSR count). The summed E-state index contributed by atoms with van der Waals surface area (Å²) in [6, 6.07) is 0. The fourth-order valence-electron chi connectivity index (χ4n) is 2.90. The molecule has 0 unspecified atom stereocenters. The van der Waals surface area contributed by atoms with Crippen LogP contribution in [0.25, 0.3) is 0 Å². The molecular formula is C19H35N3O6. The number of amides is 4. The third-order valence-corrected chi connectivity index (χ3v) is 4.28. The molecule has 9 nitrogen and oxygen atoms in total. The van der Waals surface area contributed by atoms with Gasteiger partial charge in [-0.2, -0.15) is 0 Å². The van der Waals surface area contributed by atoms with E-state index in [1.54, 1.807) is 31.3 Å². The minimum atomic E-state index is -0.638. The van der Waals surface area contributed by atoms with Gasteiger partial charge in [0, 0.05) is 38.9 Å². The van der Waals surface area contributed by atoms with Crippen molar-refractivity contribution in [3.8, 4) is 0 Å². The monoisotopic (exact) mass is 401 g/mol. The molecule has 28 heavy (non-hydrogen) atoms. The lowest BCUT2D eigenvalue weighted by Crippen LogP contribution is -2.38. The molecule has 0 heterocycles. The van der Waals surface area contributed by atoms with Gasteiger partial charge in [-0.3, -0.25) is 19.6 Å². The summed E-state index contributed by atoms with van der Waals surface area (Å²) in [7, 11) is 1.66. The van der Waals surface area contributed by atoms with E-state index in [0.29, 0.717) is 25.8 Å². The Morgan fingerprint density at radius 2 is 1.75 bits per heavy atom. The number of rotatable bonds is 12. The molecule has 0 fully saturated rings. The van der Waals surface area contributed by atoms with E-state index in [1.165, 1.54) is 0 Å². The van der Waals surface area contributed by atoms with Crippen LogP contribution < -0.4 is 5.48 Å². The summed E-state index contributed by atoms with van der Waals surface area (Å²) >= 11 is 0. The molecular weight excluding hydrogens is 366 g/mol. The Labute approximate surface area is 167 Å². The van der Waals surface area contributed by atoms with Crippen molar-refractivity contribution in [3.63, 3.8) is 0 Å². The fourth-order valence-corrected chi connectivity index (χ4v) is 2.90. The average Bonchev–Trinajstić information content (AvgIpc) is 2.64. The number of ether oxygens (including phenoxy) is 1. The van der Waals surface area contributed by atoms with Gasteiger partial charge in [0.1, 0.15) is 0 Å². The molecule has 2 N–H and O–H groups in total. The Balaban J connectivity index is 4.51. The SMILES string of the molecule is CCOC(=O)N(CC)C(=O)CCCCN(C)C(=O)[C@@H](CC(=O)NO)CC(C)C. The third kappa shape index (κ3) is 9.68. The lowest BCUT2D eigenvalue weighted by atomic mass is 9.92. The lowest BCUT2D eigenvalue weighted by molar-refractivity contribution is -0.140. The highest BCUT2D eigenvalue weighted by molar-refractivity contribution is 5.91. The Bertz CT molecular complexity index is 524. The normalized spacial score (nSPS) is 11.7. The maximum Gasteiger partial charge on any atom is 0.416 e. The highest BCUT2D eigenvalue weighted by atomic mass is 16.6. The van der Waals surface area contributed by atoms with E-state index < -0.39 is 17.9 Å². The van der Waals surface area contributed by atoms with Gasteiger partial charge in [-0.25, -0.2) is 15.2 Å². The molecule has 0 aliphatic carbocycles. The molecule has 0 saturated heterocycles. The first-order valence-corrected chi connectivity index (χ1v) is 9.82. The van der Waals surface area contributed by atoms with Crippen molar-refractivity contribution in [1.29, 1.82) is 0 Å². The molecule has 0 aromatic heterocycles. The number of hydrogen-bond acceptors (Lipinski definition) is 6. The highest BCUT2D eigenvalue weighted by Crippen LogP contribution is 2.18. The molecule has 1 atom stereocenters. The Hall–Kier alpha value is -2.16. The third-order valence-electron chi connectivity index (χ3n) is 4.28. The first-order chi connectivity index (χ1) is 13.2. The smallest absolute Gasteiger partial charge is 0.416 e. The summed E-state index contributed by atoms with van der Waals surface area (Å²) in [6.07, 6.45) is 1.15. The van der Waals surface area contributed by atoms with Gasteiger partial charge < -0.3 is 9.64 Å². The minimum absolute atomic E-state index is 0.0681. The molecule has 0 bridgehead atoms. The van der Waals surface area contributed by atoms with Crippen molar-refractivity contribution in [3.05, 3.63) is 0 Å². The van der Waals surface area contributed by atoms with Crippen LogP contribution in [0, 0.1) is 11.8 Å². The fraction of sp³-hybridized carbons (Fsp3) is 0.789. The van der Waals surface area contributed by atoms with Crippen molar-refractivity contribution >= 4 is 23.8 Å². The molecule has 0 spiro atoms. The second-order valence-electron chi connectivity index (χ2n) is 7.12. The number of carbonyl (C=O) groups is 4. The van der Waals surface area contributed by atoms with Crippen molar-refractivity contribution in [2.45, 2.75) is 59.8 Å². The standard InChI is InChI=1S/C19H35N3O6/c1-6-22(19(26)28-7-2)17(24)10-8-9-11-21(5)18(25)15(12-14(3)4)13-16(23)20-27/h14-15,27H,6-13H2,1-5H3,(H,20,23)/t15-/m1/s1. The van der Waals surface area contributed by atoms with E-state index in [-0.39, 0.29) is 43.7 Å². The van der Waals surface area contributed by atoms with Crippen LogP contribution in [0.5, 0.6) is 0 Å². The van der Waals surface area contributed by atoms with E-state index in [4.69, 9.17) is 9.94 Å². The predicted octanol–water partition coefficient (Wildman–Crippen LogP) is 2.18. The van der Waals surface area contributed by atoms with Crippen molar-refractivity contribution in [1.82, 2.24) is 15.3 Å². The van der Waals surface area contributed by atoms with Gasteiger partial charge in [0.25, 0.3) is 0 Å². The molecule has 0 saturated carbocycles. The second-order valence-corrected chi connectivity index (χ2v) is 7.12. The number of nitrogens with one attached hydrogen (secondary N) is 1. The van der Waals surface area contributed by atoms with Crippen molar-refractivity contribution in [2.24, 2.45) is 11.8 Å². The van der Waals surface area contributed by atoms with Crippen LogP contribution >= 0.6 is 0 Å². The summed E-state index contributed by atoms with van der Waals surface area (Å²) in [5.74, 6) is -1.32. The summed E-state index contributed by atoms with van der Waals surface area (Å²) in [6.45, 7) is 8.21. The topological polar surface area (TPSA) is 116 Å². The van der Waals surface area contributed by atoms with Gasteiger partial charge in [-0.15, -0.1) is 0 Å². The summed E-state index contributed by atoms with van der Waals surface area (Å²) in [5, 5.41) is 8.71. The summed E-state index contributed by atoms with van der Waals surface area (Å²) in [4.78, 5) is 50.5. The van der Waals surface area contributed by atoms with E-state index >= 15 is 0 Å². The van der Waals surface area contributed by atoms with Crippen molar-refractivity contribution < 1.29 is 29.1 Å². The van der Waals surface area contributed by atoms with Crippen LogP contribution in [0.1, 0.15) is 59.8 Å². The van der Waals surface area contributed by atoms with Crippen LogP contribution in [0.2, 0.25) is 0 Å². The second kappa shape index (κ2) is 13.9. The average molecular weight is 402 g/mol. The maximum absolute atomic E-state index is 12.6. The van der Waals surface area contributed by atoms with Gasteiger partial charge >= 0.3 is 6.09 Å². The molecule has 162 valence electrons. The predicted molar refractivity (Wildman–Crippen MR) is 103 cm³/mol. The van der Waals surface area contributed by atoms with E-state index in [1.807, 2.05) is 13.8 Å². The Morgan fingerprint density at radius 3 is 2.25 bits per heavy atom. The van der Waals surface area contributed by atoms with E-state index in [0.717, 1.165) is 4.90 Å². The summed E-state index contributed by atoms with van der Waals surface area (Å²) in [5.41, 5.74) is 1.57. The van der Waals surface area contributed by atoms with E-state index in [2.05, 4.69) is 0 Å². The number of imide groups is 1. The molecule has 9 heteroatoms. The Morgan fingerprint density at radius 1 is 1.11 bits per heavy atom. The summed E-state index contributed by atoms with van der Waals surface area (Å²) < 4.78 is 4.85. The largest absolute Gasteiger partial charge is 0.449 e. The number of nitrogens with zero attached hydrogens (tertiary/aromatic N) is 2. The minimum Gasteiger partial charge on any atom is -0.449 e. The quantitative estimate of drug-likeness (QED) is 0.294. The van der Waals surface area contributed by atoms with Crippen LogP contribution in [-0.4, -0.2) is 65.6 Å².